The Morgan fingerprint density at radius 2 is 1.81 bits per heavy atom. The first-order chi connectivity index (χ1) is 14.8. The highest BCUT2D eigenvalue weighted by Crippen LogP contribution is 2.35. The van der Waals surface area contributed by atoms with Gasteiger partial charge in [0.2, 0.25) is 5.82 Å². The van der Waals surface area contributed by atoms with Gasteiger partial charge in [-0.05, 0) is 54.6 Å². The maximum atomic E-state index is 13.6. The van der Waals surface area contributed by atoms with E-state index in [-0.39, 0.29) is 22.6 Å². The normalized spacial score (nSPS) is 11.5. The smallest absolute Gasteiger partial charge is 0.450 e. The first kappa shape index (κ1) is 20.7. The van der Waals surface area contributed by atoms with E-state index in [9.17, 15) is 18.0 Å². The maximum Gasteiger partial charge on any atom is 0.450 e. The molecule has 4 aromatic rings. The minimum Gasteiger partial charge on any atom is -0.497 e. The molecule has 9 heteroatoms. The second-order valence-electron chi connectivity index (χ2n) is 6.63. The molecular formula is C22H15ClF3N3O2. The van der Waals surface area contributed by atoms with Crippen molar-refractivity contribution in [2.24, 2.45) is 0 Å². The van der Waals surface area contributed by atoms with Crippen molar-refractivity contribution in [3.05, 3.63) is 83.1 Å². The number of benzene rings is 3. The Balaban J connectivity index is 1.69. The third kappa shape index (κ3) is 4.20. The number of carbonyl (C=O) groups excluding carboxylic acids is 1. The van der Waals surface area contributed by atoms with Crippen molar-refractivity contribution in [2.75, 3.05) is 12.4 Å². The number of fused-ring (bicyclic) bond motifs is 1. The zero-order valence-corrected chi connectivity index (χ0v) is 16.8. The quantitative estimate of drug-likeness (QED) is 0.422. The number of methoxy groups -OCH3 is 1. The van der Waals surface area contributed by atoms with Gasteiger partial charge in [-0.2, -0.15) is 13.2 Å². The molecule has 31 heavy (non-hydrogen) atoms. The van der Waals surface area contributed by atoms with Gasteiger partial charge in [0, 0.05) is 28.0 Å². The Bertz CT molecular complexity index is 1270. The van der Waals surface area contributed by atoms with Crippen LogP contribution < -0.4 is 10.1 Å². The molecular weight excluding hydrogens is 431 g/mol. The van der Waals surface area contributed by atoms with E-state index >= 15 is 0 Å². The Morgan fingerprint density at radius 1 is 1.06 bits per heavy atom. The van der Waals surface area contributed by atoms with Gasteiger partial charge in [-0.15, -0.1) is 0 Å². The van der Waals surface area contributed by atoms with E-state index in [1.165, 1.54) is 49.6 Å². The lowest BCUT2D eigenvalue weighted by Crippen LogP contribution is -2.14. The van der Waals surface area contributed by atoms with Gasteiger partial charge in [-0.25, -0.2) is 4.98 Å². The van der Waals surface area contributed by atoms with Gasteiger partial charge in [0.05, 0.1) is 18.1 Å². The largest absolute Gasteiger partial charge is 0.497 e. The molecule has 0 spiro atoms. The van der Waals surface area contributed by atoms with Gasteiger partial charge in [-0.3, -0.25) is 9.36 Å². The average Bonchev–Trinajstić information content (AvgIpc) is 3.13. The van der Waals surface area contributed by atoms with Crippen molar-refractivity contribution < 1.29 is 22.7 Å². The van der Waals surface area contributed by atoms with Crippen LogP contribution in [0.3, 0.4) is 0 Å². The van der Waals surface area contributed by atoms with E-state index in [0.717, 1.165) is 4.57 Å². The van der Waals surface area contributed by atoms with Gasteiger partial charge < -0.3 is 10.1 Å². The third-order valence-electron chi connectivity index (χ3n) is 4.59. The number of anilines is 1. The number of alkyl halides is 3. The lowest BCUT2D eigenvalue weighted by molar-refractivity contribution is -0.145. The van der Waals surface area contributed by atoms with Crippen LogP contribution in [0.1, 0.15) is 16.2 Å². The molecule has 1 aromatic heterocycles. The van der Waals surface area contributed by atoms with Gasteiger partial charge in [-0.1, -0.05) is 17.7 Å². The SMILES string of the molecule is COc1ccc2c(c1)nc(C(F)(F)F)n2-c1ccc(NC(=O)c2cccc(Cl)c2)cc1. The zero-order chi connectivity index (χ0) is 22.2. The van der Waals surface area contributed by atoms with E-state index in [4.69, 9.17) is 16.3 Å². The molecule has 0 aliphatic heterocycles. The second kappa shape index (κ2) is 7.96. The predicted molar refractivity (Wildman–Crippen MR) is 112 cm³/mol. The third-order valence-corrected chi connectivity index (χ3v) is 4.82. The van der Waals surface area contributed by atoms with Crippen molar-refractivity contribution >= 4 is 34.2 Å². The number of nitrogens with one attached hydrogen (secondary N) is 1. The van der Waals surface area contributed by atoms with Gasteiger partial charge >= 0.3 is 6.18 Å². The summed E-state index contributed by atoms with van der Waals surface area (Å²) in [7, 11) is 1.43. The van der Waals surface area contributed by atoms with Crippen molar-refractivity contribution in [1.29, 1.82) is 0 Å². The molecule has 0 fully saturated rings. The topological polar surface area (TPSA) is 56.1 Å². The van der Waals surface area contributed by atoms with Gasteiger partial charge in [0.25, 0.3) is 5.91 Å². The van der Waals surface area contributed by atoms with Crippen LogP contribution in [0, 0.1) is 0 Å². The molecule has 3 aromatic carbocycles. The Labute approximate surface area is 180 Å². The van der Waals surface area contributed by atoms with E-state index in [2.05, 4.69) is 10.3 Å². The molecule has 0 radical (unpaired) electrons. The van der Waals surface area contributed by atoms with Crippen LogP contribution in [0.25, 0.3) is 16.7 Å². The molecule has 0 saturated carbocycles. The van der Waals surface area contributed by atoms with Crippen LogP contribution in [-0.2, 0) is 6.18 Å². The number of imidazole rings is 1. The van der Waals surface area contributed by atoms with Crippen molar-refractivity contribution in [1.82, 2.24) is 9.55 Å². The Kier molecular flexibility index (Phi) is 5.32. The number of rotatable bonds is 4. The molecule has 0 aliphatic rings. The van der Waals surface area contributed by atoms with Crippen LogP contribution in [0.2, 0.25) is 5.02 Å². The number of ether oxygens (including phenoxy) is 1. The fraction of sp³-hybridized carbons (Fsp3) is 0.0909. The van der Waals surface area contributed by atoms with E-state index in [1.807, 2.05) is 0 Å². The van der Waals surface area contributed by atoms with Crippen LogP contribution in [0.5, 0.6) is 5.75 Å². The summed E-state index contributed by atoms with van der Waals surface area (Å²) in [6.07, 6.45) is -4.66. The highest BCUT2D eigenvalue weighted by Gasteiger charge is 2.38. The average molecular weight is 446 g/mol. The minimum atomic E-state index is -4.66. The Morgan fingerprint density at radius 3 is 2.45 bits per heavy atom. The van der Waals surface area contributed by atoms with Crippen molar-refractivity contribution in [3.8, 4) is 11.4 Å². The first-order valence-corrected chi connectivity index (χ1v) is 9.45. The van der Waals surface area contributed by atoms with Crippen LogP contribution in [0.4, 0.5) is 18.9 Å². The standard InChI is InChI=1S/C22H15ClF3N3O2/c1-31-17-9-10-19-18(12-17)28-21(22(24,25)26)29(19)16-7-5-15(6-8-16)27-20(30)13-3-2-4-14(23)11-13/h2-12H,1H3,(H,27,30). The number of nitrogens with zero attached hydrogens (tertiary/aromatic N) is 2. The number of hydrogen-bond acceptors (Lipinski definition) is 3. The second-order valence-corrected chi connectivity index (χ2v) is 7.07. The summed E-state index contributed by atoms with van der Waals surface area (Å²) >= 11 is 5.90. The molecule has 1 amide bonds. The number of aromatic nitrogens is 2. The maximum absolute atomic E-state index is 13.6. The van der Waals surface area contributed by atoms with Crippen molar-refractivity contribution in [3.63, 3.8) is 0 Å². The van der Waals surface area contributed by atoms with Gasteiger partial charge in [0.1, 0.15) is 5.75 Å². The molecule has 0 unspecified atom stereocenters. The first-order valence-electron chi connectivity index (χ1n) is 9.07. The fourth-order valence-corrected chi connectivity index (χ4v) is 3.36. The van der Waals surface area contributed by atoms with Crippen LogP contribution in [0.15, 0.2) is 66.7 Å². The molecule has 0 atom stereocenters. The molecule has 0 bridgehead atoms. The van der Waals surface area contributed by atoms with Crippen molar-refractivity contribution in [2.45, 2.75) is 6.18 Å². The lowest BCUT2D eigenvalue weighted by atomic mass is 10.2. The van der Waals surface area contributed by atoms with Gasteiger partial charge in [0.15, 0.2) is 0 Å². The summed E-state index contributed by atoms with van der Waals surface area (Å²) in [6, 6.07) is 17.0. The number of hydrogen-bond donors (Lipinski definition) is 1. The molecule has 5 nitrogen and oxygen atoms in total. The van der Waals surface area contributed by atoms with E-state index < -0.39 is 12.0 Å². The monoisotopic (exact) mass is 445 g/mol. The summed E-state index contributed by atoms with van der Waals surface area (Å²) in [4.78, 5) is 16.1. The summed E-state index contributed by atoms with van der Waals surface area (Å²) in [6.45, 7) is 0. The molecule has 158 valence electrons. The van der Waals surface area contributed by atoms with E-state index in [0.29, 0.717) is 22.0 Å². The minimum absolute atomic E-state index is 0.157. The fourth-order valence-electron chi connectivity index (χ4n) is 3.17. The van der Waals surface area contributed by atoms with Crippen LogP contribution in [-0.4, -0.2) is 22.6 Å². The summed E-state index contributed by atoms with van der Waals surface area (Å²) in [5.41, 5.74) is 1.48. The lowest BCUT2D eigenvalue weighted by Gasteiger charge is -2.12. The molecule has 4 rings (SSSR count). The number of amides is 1. The van der Waals surface area contributed by atoms with Crippen LogP contribution >= 0.6 is 11.6 Å². The molecule has 1 heterocycles. The predicted octanol–water partition coefficient (Wildman–Crippen LogP) is 5.96. The molecule has 1 N–H and O–H groups in total. The highest BCUT2D eigenvalue weighted by atomic mass is 35.5. The molecule has 0 aliphatic carbocycles. The van der Waals surface area contributed by atoms with E-state index in [1.54, 1.807) is 24.3 Å². The molecule has 0 saturated heterocycles. The summed E-state index contributed by atoms with van der Waals surface area (Å²) in [5, 5.41) is 3.12. The summed E-state index contributed by atoms with van der Waals surface area (Å²) in [5.74, 6) is -1.03. The zero-order valence-electron chi connectivity index (χ0n) is 16.1. The Hall–Kier alpha value is -3.52. The summed E-state index contributed by atoms with van der Waals surface area (Å²) < 4.78 is 47.0. The number of halogens is 4. The highest BCUT2D eigenvalue weighted by molar-refractivity contribution is 6.31. The number of carbonyl (C=O) groups is 1.